The molecule has 1 aromatic rings. The fourth-order valence-corrected chi connectivity index (χ4v) is 3.64. The Morgan fingerprint density at radius 1 is 1.00 bits per heavy atom. The first-order chi connectivity index (χ1) is 9.32. The molecule has 0 spiro atoms. The van der Waals surface area contributed by atoms with Crippen molar-refractivity contribution < 1.29 is 0 Å². The fourth-order valence-electron chi connectivity index (χ4n) is 2.90. The zero-order valence-electron chi connectivity index (χ0n) is 13.0. The van der Waals surface area contributed by atoms with E-state index in [1.807, 2.05) is 6.07 Å². The summed E-state index contributed by atoms with van der Waals surface area (Å²) in [6.45, 7) is 10.6. The van der Waals surface area contributed by atoms with Crippen molar-refractivity contribution in [3.63, 3.8) is 0 Å². The zero-order valence-corrected chi connectivity index (χ0v) is 16.9. The van der Waals surface area contributed by atoms with Crippen LogP contribution in [0.2, 0.25) is 15.1 Å². The Hall–Kier alpha value is 0.590. The molecule has 128 valence electrons. The van der Waals surface area contributed by atoms with E-state index < -0.39 is 0 Å². The Balaban J connectivity index is 0.00000220. The Kier molecular flexibility index (Phi) is 9.42. The predicted molar refractivity (Wildman–Crippen MR) is 103 cm³/mol. The molecule has 2 rings (SSSR count). The highest BCUT2D eigenvalue weighted by Crippen LogP contribution is 2.45. The van der Waals surface area contributed by atoms with E-state index in [1.165, 1.54) is 0 Å². The summed E-state index contributed by atoms with van der Waals surface area (Å²) in [5.41, 5.74) is 0.977. The van der Waals surface area contributed by atoms with Crippen molar-refractivity contribution in [3.8, 4) is 0 Å². The molecule has 1 fully saturated rings. The van der Waals surface area contributed by atoms with Crippen LogP contribution in [0.15, 0.2) is 12.1 Å². The molecule has 0 aliphatic carbocycles. The number of hydrogen-bond donors (Lipinski definition) is 1. The molecule has 0 unspecified atom stereocenters. The van der Waals surface area contributed by atoms with Gasteiger partial charge >= 0.3 is 0 Å². The molecule has 0 bridgehead atoms. The molecule has 0 radical (unpaired) electrons. The van der Waals surface area contributed by atoms with Gasteiger partial charge in [0.2, 0.25) is 0 Å². The van der Waals surface area contributed by atoms with Crippen LogP contribution < -0.4 is 5.32 Å². The normalized spacial score (nSPS) is 17.4. The standard InChI is InChI=1S/C15H21Cl3N2.2ClH/c1-15(2,3)14(20-8-6-19-7-9-20)12-10(16)4-5-11(17)13(12)18;;/h4-5,14,19H,6-9H2,1-3H3;2*1H/t14-;;/m1../s1. The molecule has 1 N–H and O–H groups in total. The van der Waals surface area contributed by atoms with E-state index in [0.717, 1.165) is 31.7 Å². The molecule has 1 atom stereocenters. The third kappa shape index (κ3) is 5.04. The minimum atomic E-state index is 0. The van der Waals surface area contributed by atoms with Gasteiger partial charge < -0.3 is 5.32 Å². The smallest absolute Gasteiger partial charge is 0.0655 e. The lowest BCUT2D eigenvalue weighted by molar-refractivity contribution is 0.0863. The molecule has 1 aliphatic rings. The maximum atomic E-state index is 6.46. The Morgan fingerprint density at radius 2 is 1.50 bits per heavy atom. The van der Waals surface area contributed by atoms with Gasteiger partial charge in [0.25, 0.3) is 0 Å². The molecule has 1 saturated heterocycles. The van der Waals surface area contributed by atoms with Crippen molar-refractivity contribution in [1.29, 1.82) is 0 Å². The van der Waals surface area contributed by atoms with Crippen molar-refractivity contribution in [2.75, 3.05) is 26.2 Å². The molecular formula is C15H23Cl5N2. The van der Waals surface area contributed by atoms with E-state index >= 15 is 0 Å². The van der Waals surface area contributed by atoms with Crippen LogP contribution in [0.5, 0.6) is 0 Å². The Labute approximate surface area is 160 Å². The van der Waals surface area contributed by atoms with E-state index in [0.29, 0.717) is 15.1 Å². The maximum Gasteiger partial charge on any atom is 0.0655 e. The number of nitrogens with one attached hydrogen (secondary N) is 1. The van der Waals surface area contributed by atoms with Crippen LogP contribution in [0, 0.1) is 5.41 Å². The highest BCUT2D eigenvalue weighted by atomic mass is 35.5. The quantitative estimate of drug-likeness (QED) is 0.652. The van der Waals surface area contributed by atoms with Crippen molar-refractivity contribution in [2.45, 2.75) is 26.8 Å². The zero-order chi connectivity index (χ0) is 14.9. The van der Waals surface area contributed by atoms with E-state index in [4.69, 9.17) is 34.8 Å². The second-order valence-electron chi connectivity index (χ2n) is 6.31. The first kappa shape index (κ1) is 22.6. The van der Waals surface area contributed by atoms with Crippen molar-refractivity contribution in [3.05, 3.63) is 32.8 Å². The van der Waals surface area contributed by atoms with Gasteiger partial charge in [0, 0.05) is 42.8 Å². The number of piperazine rings is 1. The van der Waals surface area contributed by atoms with Crippen LogP contribution in [0.4, 0.5) is 0 Å². The van der Waals surface area contributed by atoms with E-state index in [1.54, 1.807) is 6.07 Å². The minimum Gasteiger partial charge on any atom is -0.314 e. The molecule has 1 heterocycles. The highest BCUT2D eigenvalue weighted by molar-refractivity contribution is 6.44. The van der Waals surface area contributed by atoms with Gasteiger partial charge in [0.05, 0.1) is 10.0 Å². The molecular weight excluding hydrogens is 385 g/mol. The van der Waals surface area contributed by atoms with Crippen LogP contribution >= 0.6 is 59.6 Å². The predicted octanol–water partition coefficient (Wildman–Crippen LogP) is 5.48. The molecule has 1 aromatic carbocycles. The second-order valence-corrected chi connectivity index (χ2v) is 7.50. The molecule has 7 heteroatoms. The summed E-state index contributed by atoms with van der Waals surface area (Å²) < 4.78 is 0. The highest BCUT2D eigenvalue weighted by Gasteiger charge is 2.35. The number of rotatable bonds is 2. The number of hydrogen-bond acceptors (Lipinski definition) is 2. The maximum absolute atomic E-state index is 6.46. The number of benzene rings is 1. The minimum absolute atomic E-state index is 0. The van der Waals surface area contributed by atoms with Gasteiger partial charge in [-0.2, -0.15) is 0 Å². The Bertz CT molecular complexity index is 482. The third-order valence-corrected chi connectivity index (χ3v) is 4.84. The number of halogens is 5. The average Bonchev–Trinajstić information content (AvgIpc) is 2.39. The SMILES string of the molecule is CC(C)(C)[C@@H](c1c(Cl)ccc(Cl)c1Cl)N1CCNCC1.Cl.Cl. The van der Waals surface area contributed by atoms with Gasteiger partial charge in [-0.05, 0) is 17.5 Å². The van der Waals surface area contributed by atoms with Gasteiger partial charge in [-0.3, -0.25) is 4.90 Å². The van der Waals surface area contributed by atoms with Gasteiger partial charge in [-0.1, -0.05) is 55.6 Å². The lowest BCUT2D eigenvalue weighted by Gasteiger charge is -2.43. The summed E-state index contributed by atoms with van der Waals surface area (Å²) in [5, 5.41) is 5.22. The van der Waals surface area contributed by atoms with Crippen LogP contribution in [0.3, 0.4) is 0 Å². The monoisotopic (exact) mass is 406 g/mol. The van der Waals surface area contributed by atoms with Crippen molar-refractivity contribution in [1.82, 2.24) is 10.2 Å². The lowest BCUT2D eigenvalue weighted by atomic mass is 9.81. The molecule has 2 nitrogen and oxygen atoms in total. The van der Waals surface area contributed by atoms with E-state index in [2.05, 4.69) is 31.0 Å². The van der Waals surface area contributed by atoms with Crippen LogP contribution in [-0.2, 0) is 0 Å². The van der Waals surface area contributed by atoms with Crippen LogP contribution in [-0.4, -0.2) is 31.1 Å². The van der Waals surface area contributed by atoms with Crippen LogP contribution in [0.1, 0.15) is 32.4 Å². The molecule has 0 saturated carbocycles. The molecule has 22 heavy (non-hydrogen) atoms. The summed E-state index contributed by atoms with van der Waals surface area (Å²) in [6, 6.07) is 3.75. The summed E-state index contributed by atoms with van der Waals surface area (Å²) in [5.74, 6) is 0. The topological polar surface area (TPSA) is 15.3 Å². The fraction of sp³-hybridized carbons (Fsp3) is 0.600. The van der Waals surface area contributed by atoms with Gasteiger partial charge in [-0.15, -0.1) is 24.8 Å². The van der Waals surface area contributed by atoms with Gasteiger partial charge in [0.15, 0.2) is 0 Å². The van der Waals surface area contributed by atoms with E-state index in [9.17, 15) is 0 Å². The largest absolute Gasteiger partial charge is 0.314 e. The first-order valence-electron chi connectivity index (χ1n) is 6.90. The molecule has 0 amide bonds. The molecule has 1 aliphatic heterocycles. The van der Waals surface area contributed by atoms with Crippen LogP contribution in [0.25, 0.3) is 0 Å². The number of nitrogens with zero attached hydrogens (tertiary/aromatic N) is 1. The summed E-state index contributed by atoms with van der Waals surface area (Å²) in [4.78, 5) is 2.44. The van der Waals surface area contributed by atoms with Crippen molar-refractivity contribution >= 4 is 59.6 Å². The van der Waals surface area contributed by atoms with Gasteiger partial charge in [0.1, 0.15) is 0 Å². The third-order valence-electron chi connectivity index (χ3n) is 3.69. The summed E-state index contributed by atoms with van der Waals surface area (Å²) in [6.07, 6.45) is 0. The summed E-state index contributed by atoms with van der Waals surface area (Å²) in [7, 11) is 0. The first-order valence-corrected chi connectivity index (χ1v) is 8.04. The lowest BCUT2D eigenvalue weighted by Crippen LogP contribution is -2.48. The Morgan fingerprint density at radius 3 is 2.00 bits per heavy atom. The summed E-state index contributed by atoms with van der Waals surface area (Å²) >= 11 is 19.1. The van der Waals surface area contributed by atoms with Gasteiger partial charge in [-0.25, -0.2) is 0 Å². The average molecular weight is 409 g/mol. The van der Waals surface area contributed by atoms with Crippen molar-refractivity contribution in [2.24, 2.45) is 5.41 Å². The molecule has 0 aromatic heterocycles. The second kappa shape index (κ2) is 9.17. The van der Waals surface area contributed by atoms with E-state index in [-0.39, 0.29) is 36.3 Å².